The van der Waals surface area contributed by atoms with Crippen molar-refractivity contribution in [1.29, 1.82) is 0 Å². The lowest BCUT2D eigenvalue weighted by Crippen LogP contribution is -2.41. The summed E-state index contributed by atoms with van der Waals surface area (Å²) in [5.41, 5.74) is 0.230. The Balaban J connectivity index is 2.25. The van der Waals surface area contributed by atoms with Gasteiger partial charge < -0.3 is 10.0 Å². The highest BCUT2D eigenvalue weighted by Gasteiger charge is 2.31. The van der Waals surface area contributed by atoms with E-state index >= 15 is 0 Å². The van der Waals surface area contributed by atoms with Gasteiger partial charge in [-0.15, -0.1) is 0 Å². The van der Waals surface area contributed by atoms with E-state index in [0.29, 0.717) is 5.82 Å². The van der Waals surface area contributed by atoms with Crippen LogP contribution in [0.4, 0.5) is 0 Å². The number of carbonyl (C=O) groups excluding carboxylic acids is 1. The lowest BCUT2D eigenvalue weighted by atomic mass is 10.2. The molecule has 1 aromatic heterocycles. The van der Waals surface area contributed by atoms with Crippen molar-refractivity contribution in [2.75, 3.05) is 6.54 Å². The fourth-order valence-electron chi connectivity index (χ4n) is 1.86. The molecule has 0 radical (unpaired) electrons. The molecule has 0 saturated heterocycles. The summed E-state index contributed by atoms with van der Waals surface area (Å²) in [5.74, 6) is -0.744. The lowest BCUT2D eigenvalue weighted by Gasteiger charge is -2.21. The van der Waals surface area contributed by atoms with Crippen LogP contribution < -0.4 is 0 Å². The zero-order chi connectivity index (χ0) is 14.0. The Kier molecular flexibility index (Phi) is 3.59. The largest absolute Gasteiger partial charge is 0.479 e. The molecule has 0 unspecified atom stereocenters. The van der Waals surface area contributed by atoms with Gasteiger partial charge in [0.15, 0.2) is 0 Å². The second-order valence-corrected chi connectivity index (χ2v) is 4.62. The second kappa shape index (κ2) is 5.17. The summed E-state index contributed by atoms with van der Waals surface area (Å²) < 4.78 is 0. The maximum Gasteiger partial charge on any atom is 0.330 e. The summed E-state index contributed by atoms with van der Waals surface area (Å²) >= 11 is 0. The topological polar surface area (TPSA) is 83.4 Å². The van der Waals surface area contributed by atoms with Gasteiger partial charge in [-0.05, 0) is 6.07 Å². The van der Waals surface area contributed by atoms with Crippen LogP contribution in [-0.4, -0.2) is 44.4 Å². The first-order valence-corrected chi connectivity index (χ1v) is 6.04. The highest BCUT2D eigenvalue weighted by molar-refractivity contribution is 5.96. The van der Waals surface area contributed by atoms with Crippen LogP contribution in [0.5, 0.6) is 0 Å². The Labute approximate surface area is 110 Å². The zero-order valence-corrected chi connectivity index (χ0v) is 10.8. The molecule has 1 aliphatic heterocycles. The van der Waals surface area contributed by atoms with E-state index in [2.05, 4.69) is 9.97 Å². The minimum Gasteiger partial charge on any atom is -0.479 e. The molecule has 6 nitrogen and oxygen atoms in total. The van der Waals surface area contributed by atoms with Crippen molar-refractivity contribution in [2.45, 2.75) is 25.8 Å². The molecule has 0 spiro atoms. The first-order valence-electron chi connectivity index (χ1n) is 6.04. The van der Waals surface area contributed by atoms with Gasteiger partial charge in [0.05, 0.1) is 0 Å². The molecule has 0 saturated carbocycles. The predicted octanol–water partition coefficient (Wildman–Crippen LogP) is 1.07. The Morgan fingerprint density at radius 3 is 2.84 bits per heavy atom. The van der Waals surface area contributed by atoms with Gasteiger partial charge in [-0.25, -0.2) is 14.8 Å². The van der Waals surface area contributed by atoms with Gasteiger partial charge in [0.25, 0.3) is 5.91 Å². The van der Waals surface area contributed by atoms with Gasteiger partial charge in [0.1, 0.15) is 17.6 Å². The van der Waals surface area contributed by atoms with E-state index < -0.39 is 12.0 Å². The Morgan fingerprint density at radius 1 is 1.47 bits per heavy atom. The quantitative estimate of drug-likeness (QED) is 0.823. The summed E-state index contributed by atoms with van der Waals surface area (Å²) in [4.78, 5) is 32.9. The van der Waals surface area contributed by atoms with Crippen LogP contribution in [0.2, 0.25) is 0 Å². The molecule has 19 heavy (non-hydrogen) atoms. The number of carbonyl (C=O) groups is 2. The Hall–Kier alpha value is -2.24. The molecule has 2 rings (SSSR count). The molecule has 0 fully saturated rings. The van der Waals surface area contributed by atoms with Crippen LogP contribution in [0.25, 0.3) is 0 Å². The SMILES string of the molecule is CC(C)c1nccc(C(=O)N2CC=C[C@H]2C(=O)O)n1. The molecule has 2 heterocycles. The summed E-state index contributed by atoms with van der Waals surface area (Å²) in [6.07, 6.45) is 4.70. The van der Waals surface area contributed by atoms with Gasteiger partial charge in [-0.1, -0.05) is 26.0 Å². The fourth-order valence-corrected chi connectivity index (χ4v) is 1.86. The first kappa shape index (κ1) is 13.2. The van der Waals surface area contributed by atoms with E-state index in [-0.39, 0.29) is 24.1 Å². The van der Waals surface area contributed by atoms with Crippen molar-refractivity contribution in [3.8, 4) is 0 Å². The second-order valence-electron chi connectivity index (χ2n) is 4.62. The molecule has 1 amide bonds. The van der Waals surface area contributed by atoms with Crippen molar-refractivity contribution >= 4 is 11.9 Å². The predicted molar refractivity (Wildman–Crippen MR) is 67.7 cm³/mol. The number of aliphatic carboxylic acids is 1. The standard InChI is InChI=1S/C13H15N3O3/c1-8(2)11-14-6-5-9(15-11)12(17)16-7-3-4-10(16)13(18)19/h3-6,8,10H,7H2,1-2H3,(H,18,19)/t10-/m0/s1. The van der Waals surface area contributed by atoms with Crippen LogP contribution >= 0.6 is 0 Å². The molecule has 0 aromatic carbocycles. The highest BCUT2D eigenvalue weighted by atomic mass is 16.4. The third-order valence-corrected chi connectivity index (χ3v) is 2.88. The molecule has 0 bridgehead atoms. The molecule has 0 aliphatic carbocycles. The average molecular weight is 261 g/mol. The van der Waals surface area contributed by atoms with Crippen molar-refractivity contribution in [3.63, 3.8) is 0 Å². The normalized spacial score (nSPS) is 18.1. The average Bonchev–Trinajstić information content (AvgIpc) is 2.87. The van der Waals surface area contributed by atoms with E-state index in [1.54, 1.807) is 6.08 Å². The number of nitrogens with zero attached hydrogens (tertiary/aromatic N) is 3. The molecule has 1 aliphatic rings. The molecule has 6 heteroatoms. The van der Waals surface area contributed by atoms with Crippen LogP contribution in [0, 0.1) is 0 Å². The minimum atomic E-state index is -1.04. The zero-order valence-electron chi connectivity index (χ0n) is 10.8. The van der Waals surface area contributed by atoms with Gasteiger partial charge in [0.2, 0.25) is 0 Å². The maximum absolute atomic E-state index is 12.3. The van der Waals surface area contributed by atoms with E-state index in [4.69, 9.17) is 5.11 Å². The van der Waals surface area contributed by atoms with Gasteiger partial charge in [-0.3, -0.25) is 4.79 Å². The van der Waals surface area contributed by atoms with Gasteiger partial charge in [0, 0.05) is 18.7 Å². The Morgan fingerprint density at radius 2 is 2.21 bits per heavy atom. The molecule has 1 aromatic rings. The van der Waals surface area contributed by atoms with Crippen LogP contribution in [0.1, 0.15) is 36.1 Å². The van der Waals surface area contributed by atoms with Gasteiger partial charge in [-0.2, -0.15) is 0 Å². The highest BCUT2D eigenvalue weighted by Crippen LogP contribution is 2.15. The van der Waals surface area contributed by atoms with Crippen molar-refractivity contribution < 1.29 is 14.7 Å². The summed E-state index contributed by atoms with van der Waals surface area (Å²) in [6.45, 7) is 4.15. The van der Waals surface area contributed by atoms with E-state index in [1.165, 1.54) is 23.2 Å². The Bertz CT molecular complexity index is 540. The van der Waals surface area contributed by atoms with Crippen molar-refractivity contribution in [2.24, 2.45) is 0 Å². The van der Waals surface area contributed by atoms with Crippen LogP contribution in [0.15, 0.2) is 24.4 Å². The minimum absolute atomic E-state index is 0.111. The maximum atomic E-state index is 12.3. The summed E-state index contributed by atoms with van der Waals surface area (Å²) in [6, 6.07) is 0.593. The molecule has 1 atom stereocenters. The van der Waals surface area contributed by atoms with E-state index in [9.17, 15) is 9.59 Å². The number of hydrogen-bond acceptors (Lipinski definition) is 4. The van der Waals surface area contributed by atoms with Crippen LogP contribution in [-0.2, 0) is 4.79 Å². The summed E-state index contributed by atoms with van der Waals surface area (Å²) in [5, 5.41) is 9.04. The number of carboxylic acids is 1. The molecule has 1 N–H and O–H groups in total. The fraction of sp³-hybridized carbons (Fsp3) is 0.385. The van der Waals surface area contributed by atoms with Crippen LogP contribution in [0.3, 0.4) is 0 Å². The molecular formula is C13H15N3O3. The third-order valence-electron chi connectivity index (χ3n) is 2.88. The molecular weight excluding hydrogens is 246 g/mol. The number of aromatic nitrogens is 2. The lowest BCUT2D eigenvalue weighted by molar-refractivity contribution is -0.140. The van der Waals surface area contributed by atoms with E-state index in [0.717, 1.165) is 0 Å². The van der Waals surface area contributed by atoms with E-state index in [1.807, 2.05) is 13.8 Å². The smallest absolute Gasteiger partial charge is 0.330 e. The molecule has 100 valence electrons. The number of hydrogen-bond donors (Lipinski definition) is 1. The first-order chi connectivity index (χ1) is 9.00. The van der Waals surface area contributed by atoms with Crippen molar-refractivity contribution in [3.05, 3.63) is 35.9 Å². The number of rotatable bonds is 3. The van der Waals surface area contributed by atoms with Gasteiger partial charge >= 0.3 is 5.97 Å². The monoisotopic (exact) mass is 261 g/mol. The summed E-state index contributed by atoms with van der Waals surface area (Å²) in [7, 11) is 0. The number of carboxylic acid groups (broad SMARTS) is 1. The third kappa shape index (κ3) is 2.62. The van der Waals surface area contributed by atoms with Crippen molar-refractivity contribution in [1.82, 2.24) is 14.9 Å². The number of amides is 1.